The molecule has 8 heteroatoms. The van der Waals surface area contributed by atoms with Gasteiger partial charge in [0, 0.05) is 18.5 Å². The second kappa shape index (κ2) is 7.30. The van der Waals surface area contributed by atoms with E-state index in [0.717, 1.165) is 43.3 Å². The van der Waals surface area contributed by atoms with Gasteiger partial charge in [-0.1, -0.05) is 6.07 Å². The van der Waals surface area contributed by atoms with Crippen LogP contribution >= 0.6 is 11.3 Å². The summed E-state index contributed by atoms with van der Waals surface area (Å²) in [7, 11) is 0. The van der Waals surface area contributed by atoms with Crippen molar-refractivity contribution >= 4 is 28.2 Å². The number of nitrogens with zero attached hydrogens (tertiary/aromatic N) is 3. The van der Waals surface area contributed by atoms with Crippen LogP contribution in [0, 0.1) is 0 Å². The minimum absolute atomic E-state index is 0.0184. The van der Waals surface area contributed by atoms with Crippen molar-refractivity contribution in [1.29, 1.82) is 0 Å². The summed E-state index contributed by atoms with van der Waals surface area (Å²) in [5.74, 6) is 0.914. The van der Waals surface area contributed by atoms with E-state index < -0.39 is 0 Å². The lowest BCUT2D eigenvalue weighted by atomic mass is 10.1. The molecule has 4 heterocycles. The number of aromatic nitrogens is 2. The van der Waals surface area contributed by atoms with Crippen LogP contribution in [0.25, 0.3) is 11.4 Å². The highest BCUT2D eigenvalue weighted by Gasteiger charge is 2.25. The molecule has 0 radical (unpaired) electrons. The third kappa shape index (κ3) is 3.72. The summed E-state index contributed by atoms with van der Waals surface area (Å²) < 4.78 is 5.80. The van der Waals surface area contributed by atoms with E-state index in [4.69, 9.17) is 9.72 Å². The Balaban J connectivity index is 1.49. The third-order valence-electron chi connectivity index (χ3n) is 4.61. The fraction of sp³-hybridized carbons (Fsp3) is 0.500. The van der Waals surface area contributed by atoms with Crippen molar-refractivity contribution in [2.75, 3.05) is 29.9 Å². The highest BCUT2D eigenvalue weighted by molar-refractivity contribution is 7.14. The Morgan fingerprint density at radius 1 is 1.27 bits per heavy atom. The van der Waals surface area contributed by atoms with Crippen LogP contribution < -0.4 is 15.5 Å². The zero-order valence-corrected chi connectivity index (χ0v) is 15.8. The highest BCUT2D eigenvalue weighted by Crippen LogP contribution is 2.26. The maximum Gasteiger partial charge on any atom is 0.243 e. The lowest BCUT2D eigenvalue weighted by Crippen LogP contribution is -2.50. The van der Waals surface area contributed by atoms with Crippen molar-refractivity contribution in [3.63, 3.8) is 0 Å². The number of carbonyl (C=O) groups is 1. The van der Waals surface area contributed by atoms with Gasteiger partial charge in [0.25, 0.3) is 0 Å². The van der Waals surface area contributed by atoms with Crippen molar-refractivity contribution in [2.45, 2.75) is 38.5 Å². The van der Waals surface area contributed by atoms with Crippen LogP contribution in [-0.4, -0.2) is 53.8 Å². The van der Waals surface area contributed by atoms with Crippen molar-refractivity contribution < 1.29 is 9.53 Å². The van der Waals surface area contributed by atoms with Crippen molar-refractivity contribution in [3.05, 3.63) is 23.6 Å². The molecule has 2 aromatic heterocycles. The van der Waals surface area contributed by atoms with E-state index in [1.54, 1.807) is 0 Å². The zero-order valence-electron chi connectivity index (χ0n) is 14.9. The summed E-state index contributed by atoms with van der Waals surface area (Å²) in [5, 5.41) is 8.51. The van der Waals surface area contributed by atoms with Gasteiger partial charge in [-0.3, -0.25) is 4.79 Å². The molecule has 0 bridgehead atoms. The molecule has 26 heavy (non-hydrogen) atoms. The van der Waals surface area contributed by atoms with Gasteiger partial charge in [0.2, 0.25) is 5.91 Å². The van der Waals surface area contributed by atoms with Crippen molar-refractivity contribution in [3.8, 4) is 11.4 Å². The van der Waals surface area contributed by atoms with E-state index in [-0.39, 0.29) is 24.2 Å². The largest absolute Gasteiger partial charge is 0.372 e. The number of hydrogen-bond acceptors (Lipinski definition) is 7. The number of nitrogens with one attached hydrogen (secondary N) is 2. The molecule has 0 aliphatic carbocycles. The fourth-order valence-corrected chi connectivity index (χ4v) is 3.97. The van der Waals surface area contributed by atoms with Gasteiger partial charge in [-0.15, -0.1) is 11.3 Å². The number of carbonyl (C=O) groups excluding carboxylic acids is 1. The standard InChI is InChI=1S/C18H23N5O2S/c1-11-8-23(9-12(2)25-11)16-5-3-4-13(20-16)15-10-26-18(21-15)22-17(24)14-6-7-19-14/h3-5,10-12,14,19H,6-9H2,1-2H3,(H,21,22,24)/t11-,12+,14-/m1/s1. The molecule has 2 aromatic rings. The lowest BCUT2D eigenvalue weighted by Gasteiger charge is -2.36. The number of hydrogen-bond donors (Lipinski definition) is 2. The first-order valence-electron chi connectivity index (χ1n) is 8.96. The molecule has 0 spiro atoms. The number of thiazole rings is 1. The molecule has 2 saturated heterocycles. The number of anilines is 2. The second-order valence-corrected chi connectivity index (χ2v) is 7.72. The smallest absolute Gasteiger partial charge is 0.243 e. The molecule has 2 N–H and O–H groups in total. The molecular weight excluding hydrogens is 350 g/mol. The average Bonchev–Trinajstić information content (AvgIpc) is 3.01. The first kappa shape index (κ1) is 17.4. The monoisotopic (exact) mass is 373 g/mol. The van der Waals surface area contributed by atoms with Crippen molar-refractivity contribution in [2.24, 2.45) is 0 Å². The molecule has 0 unspecified atom stereocenters. The summed E-state index contributed by atoms with van der Waals surface area (Å²) >= 11 is 1.42. The van der Waals surface area contributed by atoms with Crippen molar-refractivity contribution in [1.82, 2.24) is 15.3 Å². The van der Waals surface area contributed by atoms with Crippen LogP contribution in [0.4, 0.5) is 10.9 Å². The van der Waals surface area contributed by atoms with E-state index in [1.165, 1.54) is 11.3 Å². The molecular formula is C18H23N5O2S. The first-order valence-corrected chi connectivity index (χ1v) is 9.84. The summed E-state index contributed by atoms with van der Waals surface area (Å²) in [6.45, 7) is 6.72. The number of amides is 1. The topological polar surface area (TPSA) is 79.4 Å². The van der Waals surface area contributed by atoms with Crippen LogP contribution in [-0.2, 0) is 9.53 Å². The van der Waals surface area contributed by atoms with Crippen LogP contribution in [0.15, 0.2) is 23.6 Å². The van der Waals surface area contributed by atoms with Gasteiger partial charge in [0.1, 0.15) is 11.5 Å². The number of pyridine rings is 1. The molecule has 3 atom stereocenters. The SMILES string of the molecule is C[C@@H]1CN(c2cccc(-c3csc(NC(=O)[C@H]4CCN4)n3)n2)C[C@H](C)O1. The maximum absolute atomic E-state index is 12.0. The average molecular weight is 373 g/mol. The molecule has 2 fully saturated rings. The lowest BCUT2D eigenvalue weighted by molar-refractivity contribution is -0.119. The van der Waals surface area contributed by atoms with E-state index in [2.05, 4.69) is 34.4 Å². The van der Waals surface area contributed by atoms with E-state index in [0.29, 0.717) is 5.13 Å². The minimum Gasteiger partial charge on any atom is -0.372 e. The Morgan fingerprint density at radius 3 is 2.73 bits per heavy atom. The van der Waals surface area contributed by atoms with Gasteiger partial charge in [-0.05, 0) is 38.9 Å². The van der Waals surface area contributed by atoms with E-state index in [9.17, 15) is 4.79 Å². The van der Waals surface area contributed by atoms with Gasteiger partial charge in [-0.2, -0.15) is 0 Å². The predicted octanol–water partition coefficient (Wildman–Crippen LogP) is 2.12. The quantitative estimate of drug-likeness (QED) is 0.855. The fourth-order valence-electron chi connectivity index (χ4n) is 3.26. The molecule has 2 aliphatic heterocycles. The molecule has 7 nitrogen and oxygen atoms in total. The summed E-state index contributed by atoms with van der Waals surface area (Å²) in [4.78, 5) is 23.6. The third-order valence-corrected chi connectivity index (χ3v) is 5.37. The molecule has 0 saturated carbocycles. The molecule has 0 aromatic carbocycles. The maximum atomic E-state index is 12.0. The van der Waals surface area contributed by atoms with Gasteiger partial charge < -0.3 is 20.3 Å². The van der Waals surface area contributed by atoms with Crippen LogP contribution in [0.1, 0.15) is 20.3 Å². The van der Waals surface area contributed by atoms with Gasteiger partial charge in [0.05, 0.1) is 23.9 Å². The summed E-state index contributed by atoms with van der Waals surface area (Å²) in [5.41, 5.74) is 1.59. The second-order valence-electron chi connectivity index (χ2n) is 6.87. The first-order chi connectivity index (χ1) is 12.6. The van der Waals surface area contributed by atoms with Crippen LogP contribution in [0.3, 0.4) is 0 Å². The summed E-state index contributed by atoms with van der Waals surface area (Å²) in [6.07, 6.45) is 1.25. The Hall–Kier alpha value is -2.03. The minimum atomic E-state index is -0.0888. The molecule has 138 valence electrons. The summed E-state index contributed by atoms with van der Waals surface area (Å²) in [6, 6.07) is 5.88. The molecule has 4 rings (SSSR count). The van der Waals surface area contributed by atoms with Crippen LogP contribution in [0.5, 0.6) is 0 Å². The van der Waals surface area contributed by atoms with Gasteiger partial charge in [0.15, 0.2) is 5.13 Å². The van der Waals surface area contributed by atoms with Gasteiger partial charge >= 0.3 is 0 Å². The molecule has 2 aliphatic rings. The predicted molar refractivity (Wildman–Crippen MR) is 103 cm³/mol. The molecule has 1 amide bonds. The Morgan fingerprint density at radius 2 is 2.04 bits per heavy atom. The number of morpholine rings is 1. The zero-order chi connectivity index (χ0) is 18.1. The normalized spacial score (nSPS) is 25.6. The van der Waals surface area contributed by atoms with Gasteiger partial charge in [-0.25, -0.2) is 9.97 Å². The van der Waals surface area contributed by atoms with E-state index in [1.807, 2.05) is 23.6 Å². The van der Waals surface area contributed by atoms with E-state index >= 15 is 0 Å². The highest BCUT2D eigenvalue weighted by atomic mass is 32.1. The number of rotatable bonds is 4. The number of ether oxygens (including phenoxy) is 1. The van der Waals surface area contributed by atoms with Crippen LogP contribution in [0.2, 0.25) is 0 Å². The Kier molecular flexibility index (Phi) is 4.88. The Labute approximate surface area is 156 Å². The Bertz CT molecular complexity index is 781.